The standard InChI is InChI=1S/C20H25N7OS/c1-3-14-8-13-29-17(14)18(28)27-19(21)23-20(24-27)22-15-4-6-16(7-5-15)26-11-9-25(2)10-12-26/h4-8,13H,3,9-12H2,1-2H3,(H3,21,22,23,24). The number of nitrogens with two attached hydrogens (primary N) is 1. The van der Waals surface area contributed by atoms with Crippen molar-refractivity contribution >= 4 is 40.5 Å². The highest BCUT2D eigenvalue weighted by Gasteiger charge is 2.20. The third-order valence-corrected chi connectivity index (χ3v) is 6.08. The van der Waals surface area contributed by atoms with Gasteiger partial charge in [-0.3, -0.25) is 4.79 Å². The number of nitrogens with zero attached hydrogens (tertiary/aromatic N) is 5. The molecule has 1 aromatic carbocycles. The first kappa shape index (κ1) is 19.4. The first-order chi connectivity index (χ1) is 14.0. The fourth-order valence-corrected chi connectivity index (χ4v) is 4.29. The number of nitrogen functional groups attached to an aromatic ring is 1. The van der Waals surface area contributed by atoms with Crippen LogP contribution in [0, 0.1) is 0 Å². The van der Waals surface area contributed by atoms with E-state index in [4.69, 9.17) is 5.73 Å². The second kappa shape index (κ2) is 8.22. The normalized spacial score (nSPS) is 14.9. The van der Waals surface area contributed by atoms with Crippen LogP contribution in [0.1, 0.15) is 22.2 Å². The Balaban J connectivity index is 1.46. The van der Waals surface area contributed by atoms with Gasteiger partial charge in [-0.2, -0.15) is 9.67 Å². The summed E-state index contributed by atoms with van der Waals surface area (Å²) in [5, 5.41) is 9.30. The summed E-state index contributed by atoms with van der Waals surface area (Å²) >= 11 is 1.39. The summed E-state index contributed by atoms with van der Waals surface area (Å²) in [4.78, 5) is 22.3. The van der Waals surface area contributed by atoms with E-state index in [9.17, 15) is 4.79 Å². The van der Waals surface area contributed by atoms with Gasteiger partial charge in [0.25, 0.3) is 5.91 Å². The molecule has 3 heterocycles. The van der Waals surface area contributed by atoms with Crippen LogP contribution in [0.4, 0.5) is 23.3 Å². The number of piperazine rings is 1. The largest absolute Gasteiger partial charge is 0.369 e. The van der Waals surface area contributed by atoms with Crippen molar-refractivity contribution in [3.8, 4) is 0 Å². The smallest absolute Gasteiger partial charge is 0.291 e. The number of nitrogens with one attached hydrogen (secondary N) is 1. The lowest BCUT2D eigenvalue weighted by Gasteiger charge is -2.34. The van der Waals surface area contributed by atoms with E-state index in [1.165, 1.54) is 17.0 Å². The molecule has 4 rings (SSSR count). The Morgan fingerprint density at radius 2 is 1.90 bits per heavy atom. The molecule has 29 heavy (non-hydrogen) atoms. The van der Waals surface area contributed by atoms with E-state index in [0.29, 0.717) is 10.8 Å². The van der Waals surface area contributed by atoms with Crippen molar-refractivity contribution in [2.24, 2.45) is 0 Å². The Hall–Kier alpha value is -2.91. The van der Waals surface area contributed by atoms with Crippen molar-refractivity contribution in [3.63, 3.8) is 0 Å². The van der Waals surface area contributed by atoms with Crippen LogP contribution in [0.15, 0.2) is 35.7 Å². The van der Waals surface area contributed by atoms with Crippen LogP contribution in [0.25, 0.3) is 0 Å². The highest BCUT2D eigenvalue weighted by atomic mass is 32.1. The maximum absolute atomic E-state index is 12.8. The molecule has 2 aromatic heterocycles. The Morgan fingerprint density at radius 3 is 2.59 bits per heavy atom. The number of carbonyl (C=O) groups excluding carboxylic acids is 1. The molecule has 0 aliphatic carbocycles. The first-order valence-electron chi connectivity index (χ1n) is 9.69. The molecule has 0 unspecified atom stereocenters. The third-order valence-electron chi connectivity index (χ3n) is 5.14. The van der Waals surface area contributed by atoms with E-state index in [1.807, 2.05) is 30.5 Å². The van der Waals surface area contributed by atoms with Gasteiger partial charge in [0.2, 0.25) is 11.9 Å². The van der Waals surface area contributed by atoms with Crippen LogP contribution in [0.5, 0.6) is 0 Å². The molecule has 0 atom stereocenters. The van der Waals surface area contributed by atoms with Gasteiger partial charge in [-0.05, 0) is 54.7 Å². The Morgan fingerprint density at radius 1 is 1.17 bits per heavy atom. The number of benzene rings is 1. The topological polar surface area (TPSA) is 92.3 Å². The summed E-state index contributed by atoms with van der Waals surface area (Å²) in [6.07, 6.45) is 0.782. The maximum atomic E-state index is 12.8. The molecule has 1 fully saturated rings. The first-order valence-corrected chi connectivity index (χ1v) is 10.6. The number of rotatable bonds is 5. The Labute approximate surface area is 173 Å². The van der Waals surface area contributed by atoms with E-state index in [1.54, 1.807) is 0 Å². The third kappa shape index (κ3) is 4.10. The lowest BCUT2D eigenvalue weighted by atomic mass is 10.2. The average molecular weight is 412 g/mol. The molecule has 9 heteroatoms. The molecule has 0 spiro atoms. The second-order valence-electron chi connectivity index (χ2n) is 7.10. The molecular formula is C20H25N7OS. The van der Waals surface area contributed by atoms with Gasteiger partial charge in [-0.15, -0.1) is 16.4 Å². The average Bonchev–Trinajstić information content (AvgIpc) is 3.35. The molecule has 1 aliphatic rings. The quantitative estimate of drug-likeness (QED) is 0.667. The summed E-state index contributed by atoms with van der Waals surface area (Å²) in [6.45, 7) is 6.20. The summed E-state index contributed by atoms with van der Waals surface area (Å²) < 4.78 is 1.16. The molecule has 3 aromatic rings. The number of hydrogen-bond acceptors (Lipinski definition) is 8. The van der Waals surface area contributed by atoms with E-state index in [-0.39, 0.29) is 11.9 Å². The number of hydrogen-bond donors (Lipinski definition) is 2. The predicted octanol–water partition coefficient (Wildman–Crippen LogP) is 2.67. The van der Waals surface area contributed by atoms with Crippen molar-refractivity contribution in [2.75, 3.05) is 49.2 Å². The fourth-order valence-electron chi connectivity index (χ4n) is 3.37. The van der Waals surface area contributed by atoms with Crippen LogP contribution in [-0.2, 0) is 6.42 Å². The van der Waals surface area contributed by atoms with Gasteiger partial charge in [0, 0.05) is 37.6 Å². The molecule has 152 valence electrons. The lowest BCUT2D eigenvalue weighted by molar-refractivity contribution is 0.0951. The van der Waals surface area contributed by atoms with Gasteiger partial charge in [0.05, 0.1) is 4.88 Å². The number of carbonyl (C=O) groups is 1. The van der Waals surface area contributed by atoms with Crippen LogP contribution >= 0.6 is 11.3 Å². The van der Waals surface area contributed by atoms with Gasteiger partial charge in [0.15, 0.2) is 0 Å². The predicted molar refractivity (Wildman–Crippen MR) is 117 cm³/mol. The number of aryl methyl sites for hydroxylation is 1. The molecular weight excluding hydrogens is 386 g/mol. The molecule has 3 N–H and O–H groups in total. The molecule has 0 saturated carbocycles. The zero-order valence-corrected chi connectivity index (χ0v) is 17.4. The molecule has 8 nitrogen and oxygen atoms in total. The van der Waals surface area contributed by atoms with Gasteiger partial charge >= 0.3 is 0 Å². The van der Waals surface area contributed by atoms with Gasteiger partial charge in [0.1, 0.15) is 0 Å². The van der Waals surface area contributed by atoms with Crippen LogP contribution in [0.2, 0.25) is 0 Å². The summed E-state index contributed by atoms with van der Waals surface area (Å²) in [6, 6.07) is 10.1. The van der Waals surface area contributed by atoms with Crippen molar-refractivity contribution in [1.29, 1.82) is 0 Å². The van der Waals surface area contributed by atoms with E-state index < -0.39 is 0 Å². The summed E-state index contributed by atoms with van der Waals surface area (Å²) in [5.41, 5.74) is 8.98. The van der Waals surface area contributed by atoms with Crippen LogP contribution in [0.3, 0.4) is 0 Å². The molecule has 0 amide bonds. The maximum Gasteiger partial charge on any atom is 0.291 e. The van der Waals surface area contributed by atoms with E-state index >= 15 is 0 Å². The van der Waals surface area contributed by atoms with Crippen molar-refractivity contribution < 1.29 is 4.79 Å². The fraction of sp³-hybridized carbons (Fsp3) is 0.350. The number of likely N-dealkylation sites (N-methyl/N-ethyl adjacent to an activating group) is 1. The minimum atomic E-state index is -0.250. The highest BCUT2D eigenvalue weighted by Crippen LogP contribution is 2.23. The Kier molecular flexibility index (Phi) is 5.50. The van der Waals surface area contributed by atoms with E-state index in [0.717, 1.165) is 48.5 Å². The molecule has 1 saturated heterocycles. The number of thiophene rings is 1. The van der Waals surface area contributed by atoms with Crippen molar-refractivity contribution in [3.05, 3.63) is 46.2 Å². The zero-order valence-electron chi connectivity index (χ0n) is 16.6. The number of anilines is 4. The molecule has 1 aliphatic heterocycles. The highest BCUT2D eigenvalue weighted by molar-refractivity contribution is 7.12. The SMILES string of the molecule is CCc1ccsc1C(=O)n1nc(Nc2ccc(N3CCN(C)CC3)cc2)nc1N. The van der Waals surface area contributed by atoms with E-state index in [2.05, 4.69) is 44.4 Å². The lowest BCUT2D eigenvalue weighted by Crippen LogP contribution is -2.44. The zero-order chi connectivity index (χ0) is 20.4. The number of aromatic nitrogens is 3. The van der Waals surface area contributed by atoms with Crippen LogP contribution in [-0.4, -0.2) is 58.8 Å². The van der Waals surface area contributed by atoms with Gasteiger partial charge in [-0.1, -0.05) is 6.92 Å². The van der Waals surface area contributed by atoms with Crippen molar-refractivity contribution in [2.45, 2.75) is 13.3 Å². The second-order valence-corrected chi connectivity index (χ2v) is 8.02. The van der Waals surface area contributed by atoms with Gasteiger partial charge in [-0.25, -0.2) is 0 Å². The monoisotopic (exact) mass is 411 g/mol. The summed E-state index contributed by atoms with van der Waals surface area (Å²) in [5.74, 6) is 0.125. The van der Waals surface area contributed by atoms with Crippen LogP contribution < -0.4 is 16.0 Å². The summed E-state index contributed by atoms with van der Waals surface area (Å²) in [7, 11) is 2.15. The molecule has 0 bridgehead atoms. The minimum absolute atomic E-state index is 0.0713. The van der Waals surface area contributed by atoms with Gasteiger partial charge < -0.3 is 20.9 Å². The van der Waals surface area contributed by atoms with Crippen molar-refractivity contribution in [1.82, 2.24) is 19.7 Å². The Bertz CT molecular complexity index is 987. The molecule has 0 radical (unpaired) electrons. The minimum Gasteiger partial charge on any atom is -0.369 e.